The van der Waals surface area contributed by atoms with E-state index in [2.05, 4.69) is 34.7 Å². The first-order valence-electron chi connectivity index (χ1n) is 5.00. The molecule has 0 saturated heterocycles. The Morgan fingerprint density at radius 1 is 1.43 bits per heavy atom. The summed E-state index contributed by atoms with van der Waals surface area (Å²) < 4.78 is 2.16. The minimum absolute atomic E-state index is 0.600. The predicted molar refractivity (Wildman–Crippen MR) is 57.2 cm³/mol. The van der Waals surface area contributed by atoms with E-state index in [0.717, 1.165) is 5.52 Å². The average molecular weight is 187 g/mol. The number of nitrogen functional groups attached to an aromatic ring is 1. The first-order valence-corrected chi connectivity index (χ1v) is 5.00. The van der Waals surface area contributed by atoms with E-state index in [-0.39, 0.29) is 0 Å². The highest BCUT2D eigenvalue weighted by atomic mass is 15.2. The lowest BCUT2D eigenvalue weighted by molar-refractivity contribution is 0.779. The Morgan fingerprint density at radius 3 is 2.93 bits per heavy atom. The van der Waals surface area contributed by atoms with Gasteiger partial charge in [0.2, 0.25) is 5.95 Å². The zero-order valence-electron chi connectivity index (χ0n) is 8.20. The van der Waals surface area contributed by atoms with Gasteiger partial charge < -0.3 is 10.3 Å². The number of anilines is 1. The molecular formula is C11H13N3. The standard InChI is InChI=1S/C11H13N3/c1-7-2-5-10-9(6-7)13-11(12)14(10)8-3-4-8/h2,5-6,8H,3-4H2,1H3,(H2,12,13). The minimum Gasteiger partial charge on any atom is -0.369 e. The van der Waals surface area contributed by atoms with Gasteiger partial charge in [-0.1, -0.05) is 6.07 Å². The summed E-state index contributed by atoms with van der Waals surface area (Å²) in [6.45, 7) is 2.08. The van der Waals surface area contributed by atoms with E-state index >= 15 is 0 Å². The number of aromatic nitrogens is 2. The van der Waals surface area contributed by atoms with Crippen LogP contribution in [0.25, 0.3) is 11.0 Å². The van der Waals surface area contributed by atoms with Gasteiger partial charge in [0.1, 0.15) is 0 Å². The third kappa shape index (κ3) is 1.02. The van der Waals surface area contributed by atoms with Gasteiger partial charge in [-0.15, -0.1) is 0 Å². The van der Waals surface area contributed by atoms with Crippen LogP contribution in [-0.2, 0) is 0 Å². The fourth-order valence-corrected chi connectivity index (χ4v) is 1.94. The maximum absolute atomic E-state index is 5.90. The Kier molecular flexibility index (Phi) is 1.40. The SMILES string of the molecule is Cc1ccc2c(c1)nc(N)n2C1CC1. The van der Waals surface area contributed by atoms with Crippen molar-refractivity contribution in [1.29, 1.82) is 0 Å². The molecule has 72 valence electrons. The van der Waals surface area contributed by atoms with E-state index < -0.39 is 0 Å². The number of nitrogens with zero attached hydrogens (tertiary/aromatic N) is 2. The summed E-state index contributed by atoms with van der Waals surface area (Å²) in [5, 5.41) is 0. The molecule has 0 bridgehead atoms. The second kappa shape index (κ2) is 2.50. The molecule has 1 saturated carbocycles. The van der Waals surface area contributed by atoms with Crippen LogP contribution in [0.1, 0.15) is 24.4 Å². The maximum Gasteiger partial charge on any atom is 0.201 e. The van der Waals surface area contributed by atoms with E-state index in [9.17, 15) is 0 Å². The normalized spacial score (nSPS) is 16.4. The van der Waals surface area contributed by atoms with E-state index in [1.54, 1.807) is 0 Å². The molecule has 0 unspecified atom stereocenters. The molecule has 2 aromatic rings. The van der Waals surface area contributed by atoms with Crippen LogP contribution >= 0.6 is 0 Å². The largest absolute Gasteiger partial charge is 0.369 e. The zero-order valence-corrected chi connectivity index (χ0v) is 8.20. The summed E-state index contributed by atoms with van der Waals surface area (Å²) in [7, 11) is 0. The van der Waals surface area contributed by atoms with Gasteiger partial charge in [0.05, 0.1) is 11.0 Å². The fraction of sp³-hybridized carbons (Fsp3) is 0.364. The first-order chi connectivity index (χ1) is 6.75. The van der Waals surface area contributed by atoms with Crippen LogP contribution in [0.2, 0.25) is 0 Å². The molecule has 14 heavy (non-hydrogen) atoms. The lowest BCUT2D eigenvalue weighted by Crippen LogP contribution is -2.00. The molecule has 1 heterocycles. The van der Waals surface area contributed by atoms with Crippen molar-refractivity contribution >= 4 is 17.0 Å². The topological polar surface area (TPSA) is 43.8 Å². The molecule has 3 rings (SSSR count). The van der Waals surface area contributed by atoms with Gasteiger partial charge in [-0.25, -0.2) is 4.98 Å². The molecule has 1 fully saturated rings. The number of hydrogen-bond acceptors (Lipinski definition) is 2. The van der Waals surface area contributed by atoms with Crippen LogP contribution in [0.4, 0.5) is 5.95 Å². The van der Waals surface area contributed by atoms with Crippen LogP contribution in [-0.4, -0.2) is 9.55 Å². The lowest BCUT2D eigenvalue weighted by Gasteiger charge is -2.02. The van der Waals surface area contributed by atoms with Gasteiger partial charge in [0, 0.05) is 6.04 Å². The molecule has 0 amide bonds. The van der Waals surface area contributed by atoms with Gasteiger partial charge in [0.15, 0.2) is 0 Å². The average Bonchev–Trinajstić information content (AvgIpc) is 2.89. The van der Waals surface area contributed by atoms with E-state index in [1.165, 1.54) is 23.9 Å². The fourth-order valence-electron chi connectivity index (χ4n) is 1.94. The smallest absolute Gasteiger partial charge is 0.201 e. The third-order valence-electron chi connectivity index (χ3n) is 2.78. The van der Waals surface area contributed by atoms with Gasteiger partial charge in [-0.3, -0.25) is 0 Å². The summed E-state index contributed by atoms with van der Waals surface area (Å²) in [5.41, 5.74) is 9.33. The Balaban J connectivity index is 2.32. The first kappa shape index (κ1) is 7.85. The molecular weight excluding hydrogens is 174 g/mol. The summed E-state index contributed by atoms with van der Waals surface area (Å²) in [6.07, 6.45) is 2.48. The number of fused-ring (bicyclic) bond motifs is 1. The molecule has 1 aromatic heterocycles. The van der Waals surface area contributed by atoms with E-state index in [4.69, 9.17) is 5.73 Å². The Labute approximate surface area is 82.5 Å². The maximum atomic E-state index is 5.90. The van der Waals surface area contributed by atoms with Crippen LogP contribution < -0.4 is 5.73 Å². The number of aryl methyl sites for hydroxylation is 1. The highest BCUT2D eigenvalue weighted by molar-refractivity contribution is 5.79. The van der Waals surface area contributed by atoms with Crippen LogP contribution in [0.5, 0.6) is 0 Å². The van der Waals surface area contributed by atoms with Gasteiger partial charge in [-0.2, -0.15) is 0 Å². The number of nitrogens with two attached hydrogens (primary N) is 1. The van der Waals surface area contributed by atoms with Gasteiger partial charge >= 0.3 is 0 Å². The summed E-state index contributed by atoms with van der Waals surface area (Å²) >= 11 is 0. The highest BCUT2D eigenvalue weighted by Crippen LogP contribution is 2.39. The molecule has 3 heteroatoms. The van der Waals surface area contributed by atoms with Crippen LogP contribution in [0, 0.1) is 6.92 Å². The number of hydrogen-bond donors (Lipinski definition) is 1. The Bertz CT molecular complexity index is 494. The van der Waals surface area contributed by atoms with Gasteiger partial charge in [0.25, 0.3) is 0 Å². The summed E-state index contributed by atoms with van der Waals surface area (Å²) in [5.74, 6) is 0.660. The molecule has 1 aliphatic rings. The molecule has 1 aliphatic carbocycles. The Morgan fingerprint density at radius 2 is 2.21 bits per heavy atom. The molecule has 0 atom stereocenters. The van der Waals surface area contributed by atoms with Crippen molar-refractivity contribution in [2.45, 2.75) is 25.8 Å². The highest BCUT2D eigenvalue weighted by Gasteiger charge is 2.27. The summed E-state index contributed by atoms with van der Waals surface area (Å²) in [6, 6.07) is 6.92. The van der Waals surface area contributed by atoms with Crippen molar-refractivity contribution in [1.82, 2.24) is 9.55 Å². The second-order valence-corrected chi connectivity index (χ2v) is 4.06. The van der Waals surface area contributed by atoms with Gasteiger partial charge in [-0.05, 0) is 37.5 Å². The molecule has 3 nitrogen and oxygen atoms in total. The molecule has 0 radical (unpaired) electrons. The molecule has 0 spiro atoms. The minimum atomic E-state index is 0.600. The molecule has 1 aromatic carbocycles. The third-order valence-corrected chi connectivity index (χ3v) is 2.78. The van der Waals surface area contributed by atoms with Crippen molar-refractivity contribution in [3.8, 4) is 0 Å². The van der Waals surface area contributed by atoms with Crippen LogP contribution in [0.3, 0.4) is 0 Å². The number of rotatable bonds is 1. The number of benzene rings is 1. The van der Waals surface area contributed by atoms with Crippen molar-refractivity contribution in [2.75, 3.05) is 5.73 Å². The lowest BCUT2D eigenvalue weighted by atomic mass is 10.2. The predicted octanol–water partition coefficient (Wildman–Crippen LogP) is 2.26. The van der Waals surface area contributed by atoms with Crippen LogP contribution in [0.15, 0.2) is 18.2 Å². The van der Waals surface area contributed by atoms with E-state index in [1.807, 2.05) is 0 Å². The quantitative estimate of drug-likeness (QED) is 0.744. The number of imidazole rings is 1. The van der Waals surface area contributed by atoms with Crippen molar-refractivity contribution in [3.63, 3.8) is 0 Å². The Hall–Kier alpha value is -1.51. The van der Waals surface area contributed by atoms with Crippen molar-refractivity contribution < 1.29 is 0 Å². The second-order valence-electron chi connectivity index (χ2n) is 4.06. The van der Waals surface area contributed by atoms with Crippen molar-refractivity contribution in [3.05, 3.63) is 23.8 Å². The molecule has 2 N–H and O–H groups in total. The van der Waals surface area contributed by atoms with Crippen molar-refractivity contribution in [2.24, 2.45) is 0 Å². The van der Waals surface area contributed by atoms with E-state index in [0.29, 0.717) is 12.0 Å². The zero-order chi connectivity index (χ0) is 9.71. The molecule has 0 aliphatic heterocycles. The summed E-state index contributed by atoms with van der Waals surface area (Å²) in [4.78, 5) is 4.38. The monoisotopic (exact) mass is 187 g/mol.